The number of anilines is 1. The lowest BCUT2D eigenvalue weighted by Crippen LogP contribution is -2.21. The van der Waals surface area contributed by atoms with E-state index in [1.807, 2.05) is 6.07 Å². The van der Waals surface area contributed by atoms with Crippen LogP contribution < -0.4 is 10.6 Å². The van der Waals surface area contributed by atoms with Crippen molar-refractivity contribution in [2.45, 2.75) is 33.1 Å². The van der Waals surface area contributed by atoms with Crippen LogP contribution in [0.2, 0.25) is 0 Å². The molecule has 30 heavy (non-hydrogen) atoms. The Morgan fingerprint density at radius 1 is 1.10 bits per heavy atom. The van der Waals surface area contributed by atoms with Crippen LogP contribution in [0, 0.1) is 6.92 Å². The maximum absolute atomic E-state index is 12.3. The maximum Gasteiger partial charge on any atom is 0.348 e. The predicted molar refractivity (Wildman–Crippen MR) is 114 cm³/mol. The SMILES string of the molecule is CCOC(=O)c1c(NC(=O)COC(=O)c2cc3c(s2)CCC3)sc(C(=O)NC)c1C. The van der Waals surface area contributed by atoms with Gasteiger partial charge in [0.05, 0.1) is 17.0 Å². The fraction of sp³-hybridized carbons (Fsp3) is 0.400. The fourth-order valence-electron chi connectivity index (χ4n) is 3.18. The third-order valence-electron chi connectivity index (χ3n) is 4.59. The van der Waals surface area contributed by atoms with Crippen molar-refractivity contribution in [2.75, 3.05) is 25.6 Å². The topological polar surface area (TPSA) is 111 Å². The molecule has 0 radical (unpaired) electrons. The number of hydrogen-bond acceptors (Lipinski definition) is 8. The summed E-state index contributed by atoms with van der Waals surface area (Å²) in [5.41, 5.74) is 1.71. The minimum atomic E-state index is -0.637. The number of fused-ring (bicyclic) bond motifs is 1. The van der Waals surface area contributed by atoms with Crippen LogP contribution in [0.4, 0.5) is 5.00 Å². The van der Waals surface area contributed by atoms with Gasteiger partial charge in [0.15, 0.2) is 6.61 Å². The molecular formula is C20H22N2O6S2. The zero-order valence-electron chi connectivity index (χ0n) is 16.9. The summed E-state index contributed by atoms with van der Waals surface area (Å²) in [6.07, 6.45) is 3.03. The number of amides is 2. The van der Waals surface area contributed by atoms with Crippen molar-refractivity contribution < 1.29 is 28.7 Å². The molecule has 0 aliphatic heterocycles. The molecule has 0 saturated carbocycles. The molecule has 8 nitrogen and oxygen atoms in total. The van der Waals surface area contributed by atoms with Gasteiger partial charge in [0.1, 0.15) is 9.88 Å². The van der Waals surface area contributed by atoms with E-state index in [4.69, 9.17) is 9.47 Å². The fourth-order valence-corrected chi connectivity index (χ4v) is 5.48. The normalized spacial score (nSPS) is 12.2. The Balaban J connectivity index is 1.69. The van der Waals surface area contributed by atoms with E-state index in [0.29, 0.717) is 15.3 Å². The molecule has 0 aromatic carbocycles. The monoisotopic (exact) mass is 450 g/mol. The highest BCUT2D eigenvalue weighted by Gasteiger charge is 2.27. The van der Waals surface area contributed by atoms with Crippen LogP contribution in [0.15, 0.2) is 6.07 Å². The van der Waals surface area contributed by atoms with Crippen molar-refractivity contribution >= 4 is 51.4 Å². The van der Waals surface area contributed by atoms with Crippen LogP contribution in [-0.2, 0) is 27.1 Å². The molecule has 0 bridgehead atoms. The number of aryl methyl sites for hydroxylation is 2. The second kappa shape index (κ2) is 9.40. The maximum atomic E-state index is 12.3. The third kappa shape index (κ3) is 4.54. The number of hydrogen-bond donors (Lipinski definition) is 2. The first-order valence-electron chi connectivity index (χ1n) is 9.46. The lowest BCUT2D eigenvalue weighted by Gasteiger charge is -2.07. The first-order valence-corrected chi connectivity index (χ1v) is 11.1. The highest BCUT2D eigenvalue weighted by atomic mass is 32.1. The summed E-state index contributed by atoms with van der Waals surface area (Å²) in [4.78, 5) is 50.9. The van der Waals surface area contributed by atoms with Crippen LogP contribution in [0.3, 0.4) is 0 Å². The van der Waals surface area contributed by atoms with E-state index in [-0.39, 0.29) is 23.1 Å². The minimum Gasteiger partial charge on any atom is -0.462 e. The summed E-state index contributed by atoms with van der Waals surface area (Å²) >= 11 is 2.36. The van der Waals surface area contributed by atoms with Crippen LogP contribution >= 0.6 is 22.7 Å². The number of esters is 2. The molecule has 2 aromatic heterocycles. The van der Waals surface area contributed by atoms with Crippen LogP contribution in [0.5, 0.6) is 0 Å². The molecule has 0 saturated heterocycles. The first kappa shape index (κ1) is 22.0. The molecule has 2 amide bonds. The molecule has 0 atom stereocenters. The van der Waals surface area contributed by atoms with Gasteiger partial charge in [0.25, 0.3) is 11.8 Å². The number of ether oxygens (including phenoxy) is 2. The van der Waals surface area contributed by atoms with Gasteiger partial charge in [0.2, 0.25) is 0 Å². The molecule has 10 heteroatoms. The van der Waals surface area contributed by atoms with Gasteiger partial charge in [-0.25, -0.2) is 9.59 Å². The van der Waals surface area contributed by atoms with E-state index in [9.17, 15) is 19.2 Å². The van der Waals surface area contributed by atoms with Gasteiger partial charge in [-0.15, -0.1) is 22.7 Å². The van der Waals surface area contributed by atoms with Crippen molar-refractivity contribution in [3.63, 3.8) is 0 Å². The first-order chi connectivity index (χ1) is 14.3. The van der Waals surface area contributed by atoms with Gasteiger partial charge < -0.3 is 20.1 Å². The smallest absolute Gasteiger partial charge is 0.348 e. The molecule has 160 valence electrons. The lowest BCUT2D eigenvalue weighted by atomic mass is 10.1. The second-order valence-corrected chi connectivity index (χ2v) is 8.75. The lowest BCUT2D eigenvalue weighted by molar-refractivity contribution is -0.119. The van der Waals surface area contributed by atoms with Crippen LogP contribution in [0.1, 0.15) is 59.0 Å². The van der Waals surface area contributed by atoms with E-state index >= 15 is 0 Å². The Morgan fingerprint density at radius 3 is 2.53 bits per heavy atom. The summed E-state index contributed by atoms with van der Waals surface area (Å²) in [6.45, 7) is 2.92. The molecule has 2 aromatic rings. The molecule has 0 fully saturated rings. The van der Waals surface area contributed by atoms with E-state index in [1.165, 1.54) is 28.8 Å². The van der Waals surface area contributed by atoms with E-state index in [2.05, 4.69) is 10.6 Å². The Hall–Kier alpha value is -2.72. The second-order valence-electron chi connectivity index (χ2n) is 6.60. The van der Waals surface area contributed by atoms with Gasteiger partial charge >= 0.3 is 11.9 Å². The summed E-state index contributed by atoms with van der Waals surface area (Å²) in [5.74, 6) is -2.17. The predicted octanol–water partition coefficient (Wildman–Crippen LogP) is 2.94. The molecule has 2 heterocycles. The van der Waals surface area contributed by atoms with Crippen molar-refractivity contribution in [3.05, 3.63) is 37.4 Å². The highest BCUT2D eigenvalue weighted by molar-refractivity contribution is 7.18. The molecule has 1 aliphatic rings. The average Bonchev–Trinajstić information content (AvgIpc) is 3.39. The number of carbonyl (C=O) groups excluding carboxylic acids is 4. The average molecular weight is 451 g/mol. The summed E-state index contributed by atoms with van der Waals surface area (Å²) in [6, 6.07) is 1.82. The van der Waals surface area contributed by atoms with Gasteiger partial charge in [0, 0.05) is 11.9 Å². The summed E-state index contributed by atoms with van der Waals surface area (Å²) < 4.78 is 10.2. The Labute approximate surface area is 181 Å². The third-order valence-corrected chi connectivity index (χ3v) is 7.02. The largest absolute Gasteiger partial charge is 0.462 e. The Morgan fingerprint density at radius 2 is 1.87 bits per heavy atom. The Bertz CT molecular complexity index is 986. The van der Waals surface area contributed by atoms with Gasteiger partial charge in [-0.2, -0.15) is 0 Å². The van der Waals surface area contributed by atoms with E-state index in [1.54, 1.807) is 13.8 Å². The standard InChI is InChI=1S/C20H22N2O6S2/c1-4-27-20(26)15-10(2)16(17(24)21-3)30-18(15)22-14(23)9-28-19(25)13-8-11-6-5-7-12(11)29-13/h8H,4-7,9H2,1-3H3,(H,21,24)(H,22,23). The van der Waals surface area contributed by atoms with Gasteiger partial charge in [-0.3, -0.25) is 9.59 Å². The number of nitrogens with one attached hydrogen (secondary N) is 2. The van der Waals surface area contributed by atoms with Gasteiger partial charge in [-0.1, -0.05) is 0 Å². The van der Waals surface area contributed by atoms with E-state index < -0.39 is 24.5 Å². The zero-order valence-corrected chi connectivity index (χ0v) is 18.5. The molecule has 2 N–H and O–H groups in total. The van der Waals surface area contributed by atoms with E-state index in [0.717, 1.165) is 30.6 Å². The number of rotatable bonds is 7. The molecule has 0 unspecified atom stereocenters. The minimum absolute atomic E-state index is 0.120. The quantitative estimate of drug-likeness (QED) is 0.628. The number of thiophene rings is 2. The molecule has 1 aliphatic carbocycles. The van der Waals surface area contributed by atoms with Crippen molar-refractivity contribution in [1.82, 2.24) is 5.32 Å². The molecule has 3 rings (SSSR count). The molecule has 0 spiro atoms. The zero-order chi connectivity index (χ0) is 21.8. The Kier molecular flexibility index (Phi) is 6.88. The van der Waals surface area contributed by atoms with Crippen molar-refractivity contribution in [3.8, 4) is 0 Å². The van der Waals surface area contributed by atoms with Crippen LogP contribution in [-0.4, -0.2) is 44.0 Å². The van der Waals surface area contributed by atoms with Crippen molar-refractivity contribution in [1.29, 1.82) is 0 Å². The summed E-state index contributed by atoms with van der Waals surface area (Å²) in [5, 5.41) is 5.24. The number of carbonyl (C=O) groups is 4. The van der Waals surface area contributed by atoms with Crippen LogP contribution in [0.25, 0.3) is 0 Å². The highest BCUT2D eigenvalue weighted by Crippen LogP contribution is 2.34. The van der Waals surface area contributed by atoms with Crippen molar-refractivity contribution in [2.24, 2.45) is 0 Å². The molecular weight excluding hydrogens is 428 g/mol. The summed E-state index contributed by atoms with van der Waals surface area (Å²) in [7, 11) is 1.48. The van der Waals surface area contributed by atoms with Gasteiger partial charge in [-0.05, 0) is 50.3 Å².